The quantitative estimate of drug-likeness (QED) is 0.658. The molecule has 0 unspecified atom stereocenters. The summed E-state index contributed by atoms with van der Waals surface area (Å²) in [6.45, 7) is 1.46. The van der Waals surface area contributed by atoms with Gasteiger partial charge < -0.3 is 10.2 Å². The molecule has 1 aromatic carbocycles. The van der Waals surface area contributed by atoms with E-state index < -0.39 is 0 Å². The first kappa shape index (κ1) is 20.1. The summed E-state index contributed by atoms with van der Waals surface area (Å²) in [6.07, 6.45) is 2.94. The lowest BCUT2D eigenvalue weighted by Gasteiger charge is -2.31. The molecule has 1 saturated heterocycles. The Morgan fingerprint density at radius 3 is 2.60 bits per heavy atom. The van der Waals surface area contributed by atoms with Crippen LogP contribution in [0.1, 0.15) is 28.9 Å². The molecule has 8 heteroatoms. The Labute approximate surface area is 179 Å². The molecule has 7 nitrogen and oxygen atoms in total. The number of nitrogens with one attached hydrogen (secondary N) is 2. The number of aromatic nitrogens is 3. The molecule has 2 N–H and O–H groups in total. The van der Waals surface area contributed by atoms with Crippen LogP contribution in [0.2, 0.25) is 5.02 Å². The SMILES string of the molecule is O=C(NCc1ccccc1Cl)C1CCN(C(=O)c2cc(-c3ccccn3)n[nH]2)CC1. The Bertz CT molecular complexity index is 1030. The van der Waals surface area contributed by atoms with Crippen molar-refractivity contribution in [2.75, 3.05) is 13.1 Å². The molecular weight excluding hydrogens is 402 g/mol. The van der Waals surface area contributed by atoms with Gasteiger partial charge in [0.25, 0.3) is 5.91 Å². The molecule has 3 heterocycles. The summed E-state index contributed by atoms with van der Waals surface area (Å²) in [7, 11) is 0. The number of nitrogens with zero attached hydrogens (tertiary/aromatic N) is 3. The average molecular weight is 424 g/mol. The van der Waals surface area contributed by atoms with Gasteiger partial charge in [-0.1, -0.05) is 35.9 Å². The van der Waals surface area contributed by atoms with Crippen molar-refractivity contribution < 1.29 is 9.59 Å². The smallest absolute Gasteiger partial charge is 0.271 e. The Morgan fingerprint density at radius 2 is 1.87 bits per heavy atom. The maximum Gasteiger partial charge on any atom is 0.271 e. The number of piperidine rings is 1. The van der Waals surface area contributed by atoms with Gasteiger partial charge in [-0.2, -0.15) is 5.10 Å². The number of H-pyrrole nitrogens is 1. The average Bonchev–Trinajstić information content (AvgIpc) is 3.29. The number of carbonyl (C=O) groups excluding carboxylic acids is 2. The van der Waals surface area contributed by atoms with Gasteiger partial charge in [0.1, 0.15) is 11.4 Å². The van der Waals surface area contributed by atoms with E-state index in [1.54, 1.807) is 17.2 Å². The molecule has 0 aliphatic carbocycles. The Morgan fingerprint density at radius 1 is 1.10 bits per heavy atom. The molecule has 0 radical (unpaired) electrons. The molecule has 154 valence electrons. The van der Waals surface area contributed by atoms with Crippen LogP contribution >= 0.6 is 11.6 Å². The van der Waals surface area contributed by atoms with Crippen LogP contribution in [0.3, 0.4) is 0 Å². The molecule has 0 spiro atoms. The normalized spacial score (nSPS) is 14.5. The predicted octanol–water partition coefficient (Wildman–Crippen LogP) is 3.29. The van der Waals surface area contributed by atoms with Gasteiger partial charge in [0.2, 0.25) is 5.91 Å². The van der Waals surface area contributed by atoms with Crippen molar-refractivity contribution in [3.63, 3.8) is 0 Å². The summed E-state index contributed by atoms with van der Waals surface area (Å²) in [5, 5.41) is 10.6. The lowest BCUT2D eigenvalue weighted by atomic mass is 9.95. The molecule has 0 bridgehead atoms. The van der Waals surface area contributed by atoms with Gasteiger partial charge in [-0.25, -0.2) is 0 Å². The van der Waals surface area contributed by atoms with Crippen LogP contribution in [-0.2, 0) is 11.3 Å². The molecule has 1 fully saturated rings. The number of aromatic amines is 1. The van der Waals surface area contributed by atoms with Gasteiger partial charge in [-0.05, 0) is 42.7 Å². The van der Waals surface area contributed by atoms with E-state index >= 15 is 0 Å². The van der Waals surface area contributed by atoms with Crippen LogP contribution in [-0.4, -0.2) is 45.0 Å². The molecule has 1 aliphatic rings. The fourth-order valence-corrected chi connectivity index (χ4v) is 3.76. The molecule has 0 atom stereocenters. The maximum absolute atomic E-state index is 12.8. The number of pyridine rings is 1. The summed E-state index contributed by atoms with van der Waals surface area (Å²) >= 11 is 6.14. The number of halogens is 1. The first-order valence-electron chi connectivity index (χ1n) is 9.89. The van der Waals surface area contributed by atoms with Gasteiger partial charge in [0.15, 0.2) is 0 Å². The van der Waals surface area contributed by atoms with E-state index in [1.807, 2.05) is 42.5 Å². The highest BCUT2D eigenvalue weighted by Crippen LogP contribution is 2.21. The largest absolute Gasteiger partial charge is 0.352 e. The van der Waals surface area contributed by atoms with E-state index in [4.69, 9.17) is 11.6 Å². The number of hydrogen-bond donors (Lipinski definition) is 2. The zero-order valence-corrected chi connectivity index (χ0v) is 17.1. The Hall–Kier alpha value is -3.19. The van der Waals surface area contributed by atoms with Gasteiger partial charge in [0, 0.05) is 36.8 Å². The van der Waals surface area contributed by atoms with Crippen LogP contribution in [0.5, 0.6) is 0 Å². The molecule has 2 amide bonds. The second-order valence-electron chi connectivity index (χ2n) is 7.26. The lowest BCUT2D eigenvalue weighted by molar-refractivity contribution is -0.126. The summed E-state index contributed by atoms with van der Waals surface area (Å²) in [4.78, 5) is 31.3. The molecule has 30 heavy (non-hydrogen) atoms. The fourth-order valence-electron chi connectivity index (χ4n) is 3.56. The van der Waals surface area contributed by atoms with E-state index in [0.29, 0.717) is 54.6 Å². The minimum atomic E-state index is -0.111. The van der Waals surface area contributed by atoms with E-state index in [2.05, 4.69) is 20.5 Å². The highest BCUT2D eigenvalue weighted by atomic mass is 35.5. The minimum Gasteiger partial charge on any atom is -0.352 e. The standard InChI is InChI=1S/C22H22ClN5O2/c23-17-6-2-1-5-16(17)14-25-21(29)15-8-11-28(12-9-15)22(30)20-13-19(26-27-20)18-7-3-4-10-24-18/h1-7,10,13,15H,8-9,11-12,14H2,(H,25,29)(H,26,27). The second kappa shape index (κ2) is 9.09. The Balaban J connectivity index is 1.30. The molecule has 3 aromatic rings. The zero-order chi connectivity index (χ0) is 20.9. The summed E-state index contributed by atoms with van der Waals surface area (Å²) in [5.74, 6) is -0.219. The summed E-state index contributed by atoms with van der Waals surface area (Å²) < 4.78 is 0. The number of benzene rings is 1. The van der Waals surface area contributed by atoms with Gasteiger partial charge >= 0.3 is 0 Å². The summed E-state index contributed by atoms with van der Waals surface area (Å²) in [5.41, 5.74) is 2.66. The van der Waals surface area contributed by atoms with E-state index in [1.165, 1.54) is 0 Å². The number of amides is 2. The van der Waals surface area contributed by atoms with Gasteiger partial charge in [-0.3, -0.25) is 19.7 Å². The number of hydrogen-bond acceptors (Lipinski definition) is 4. The molecular formula is C22H22ClN5O2. The van der Waals surface area contributed by atoms with Crippen LogP contribution < -0.4 is 5.32 Å². The molecule has 1 aliphatic heterocycles. The number of likely N-dealkylation sites (tertiary alicyclic amines) is 1. The Kier molecular flexibility index (Phi) is 6.09. The van der Waals surface area contributed by atoms with Gasteiger partial charge in [0.05, 0.1) is 5.69 Å². The second-order valence-corrected chi connectivity index (χ2v) is 7.66. The van der Waals surface area contributed by atoms with Crippen LogP contribution in [0.25, 0.3) is 11.4 Å². The van der Waals surface area contributed by atoms with Crippen molar-refractivity contribution in [2.24, 2.45) is 5.92 Å². The lowest BCUT2D eigenvalue weighted by Crippen LogP contribution is -2.43. The van der Waals surface area contributed by atoms with Crippen LogP contribution in [0, 0.1) is 5.92 Å². The first-order valence-corrected chi connectivity index (χ1v) is 10.3. The first-order chi connectivity index (χ1) is 14.6. The zero-order valence-electron chi connectivity index (χ0n) is 16.3. The van der Waals surface area contributed by atoms with Crippen molar-refractivity contribution >= 4 is 23.4 Å². The predicted molar refractivity (Wildman–Crippen MR) is 114 cm³/mol. The topological polar surface area (TPSA) is 91.0 Å². The van der Waals surface area contributed by atoms with Crippen molar-refractivity contribution in [2.45, 2.75) is 19.4 Å². The highest BCUT2D eigenvalue weighted by Gasteiger charge is 2.28. The number of carbonyl (C=O) groups is 2. The van der Waals surface area contributed by atoms with Crippen molar-refractivity contribution in [3.8, 4) is 11.4 Å². The van der Waals surface area contributed by atoms with E-state index in [0.717, 1.165) is 5.56 Å². The fraction of sp³-hybridized carbons (Fsp3) is 0.273. The third-order valence-corrected chi connectivity index (χ3v) is 5.67. The maximum atomic E-state index is 12.8. The van der Waals surface area contributed by atoms with Crippen molar-refractivity contribution in [3.05, 3.63) is 71.0 Å². The molecule has 4 rings (SSSR count). The monoisotopic (exact) mass is 423 g/mol. The van der Waals surface area contributed by atoms with E-state index in [-0.39, 0.29) is 17.7 Å². The molecule has 0 saturated carbocycles. The third kappa shape index (κ3) is 4.52. The minimum absolute atomic E-state index is 0.000923. The number of rotatable bonds is 5. The van der Waals surface area contributed by atoms with E-state index in [9.17, 15) is 9.59 Å². The van der Waals surface area contributed by atoms with Crippen LogP contribution in [0.4, 0.5) is 0 Å². The van der Waals surface area contributed by atoms with Crippen molar-refractivity contribution in [1.29, 1.82) is 0 Å². The molecule has 2 aromatic heterocycles. The summed E-state index contributed by atoms with van der Waals surface area (Å²) in [6, 6.07) is 14.7. The third-order valence-electron chi connectivity index (χ3n) is 5.30. The van der Waals surface area contributed by atoms with Crippen LogP contribution in [0.15, 0.2) is 54.7 Å². The highest BCUT2D eigenvalue weighted by molar-refractivity contribution is 6.31. The van der Waals surface area contributed by atoms with Gasteiger partial charge in [-0.15, -0.1) is 0 Å². The van der Waals surface area contributed by atoms with Crippen molar-refractivity contribution in [1.82, 2.24) is 25.4 Å².